The van der Waals surface area contributed by atoms with Gasteiger partial charge in [-0.05, 0) is 36.2 Å². The van der Waals surface area contributed by atoms with Gasteiger partial charge in [-0.1, -0.05) is 34.1 Å². The highest BCUT2D eigenvalue weighted by atomic mass is 79.9. The second-order valence-electron chi connectivity index (χ2n) is 8.12. The van der Waals surface area contributed by atoms with Crippen molar-refractivity contribution >= 4 is 38.6 Å². The summed E-state index contributed by atoms with van der Waals surface area (Å²) < 4.78 is 44.9. The smallest absolute Gasteiger partial charge is 0.408 e. The van der Waals surface area contributed by atoms with Gasteiger partial charge in [-0.2, -0.15) is 13.2 Å². The molecule has 1 amide bonds. The van der Waals surface area contributed by atoms with E-state index in [0.29, 0.717) is 29.1 Å². The highest BCUT2D eigenvalue weighted by Gasteiger charge is 2.47. The third-order valence-electron chi connectivity index (χ3n) is 5.85. The Morgan fingerprint density at radius 1 is 1.18 bits per heavy atom. The normalized spacial score (nSPS) is 17.9. The Bertz CT molecular complexity index is 1390. The SMILES string of the molecule is O=C(O)NC1CCN([C@H](c2ccc3nnc(-c4ccc5ccc(Br)cc5n4)n3c2)C(F)(F)F)C1. The molecule has 0 aliphatic carbocycles. The Kier molecular flexibility index (Phi) is 5.64. The summed E-state index contributed by atoms with van der Waals surface area (Å²) in [5, 5.41) is 20.4. The van der Waals surface area contributed by atoms with Crippen molar-refractivity contribution in [2.24, 2.45) is 0 Å². The van der Waals surface area contributed by atoms with Gasteiger partial charge in [-0.3, -0.25) is 9.30 Å². The first-order chi connectivity index (χ1) is 16.2. The molecule has 0 bridgehead atoms. The van der Waals surface area contributed by atoms with Crippen LogP contribution in [0.15, 0.2) is 53.1 Å². The van der Waals surface area contributed by atoms with E-state index in [9.17, 15) is 18.0 Å². The summed E-state index contributed by atoms with van der Waals surface area (Å²) in [6.45, 7) is 0.0773. The van der Waals surface area contributed by atoms with E-state index >= 15 is 0 Å². The van der Waals surface area contributed by atoms with Gasteiger partial charge in [-0.15, -0.1) is 10.2 Å². The first kappa shape index (κ1) is 22.5. The average molecular weight is 535 g/mol. The minimum atomic E-state index is -4.56. The molecule has 1 unspecified atom stereocenters. The molecule has 1 aromatic carbocycles. The second-order valence-corrected chi connectivity index (χ2v) is 9.04. The molecule has 3 aromatic heterocycles. The number of hydrogen-bond donors (Lipinski definition) is 2. The third kappa shape index (κ3) is 4.30. The molecule has 1 saturated heterocycles. The van der Waals surface area contributed by atoms with Crippen molar-refractivity contribution in [1.82, 2.24) is 29.8 Å². The molecule has 176 valence electrons. The van der Waals surface area contributed by atoms with Crippen LogP contribution in [0.2, 0.25) is 0 Å². The monoisotopic (exact) mass is 534 g/mol. The summed E-state index contributed by atoms with van der Waals surface area (Å²) in [6, 6.07) is 9.70. The van der Waals surface area contributed by atoms with Crippen LogP contribution < -0.4 is 5.32 Å². The molecular formula is C22H18BrF3N6O2. The van der Waals surface area contributed by atoms with Crippen molar-refractivity contribution in [2.45, 2.75) is 24.7 Å². The number of carbonyl (C=O) groups is 1. The summed E-state index contributed by atoms with van der Waals surface area (Å²) >= 11 is 3.42. The van der Waals surface area contributed by atoms with E-state index in [0.717, 1.165) is 9.86 Å². The molecule has 2 atom stereocenters. The molecule has 12 heteroatoms. The zero-order valence-electron chi connectivity index (χ0n) is 17.5. The summed E-state index contributed by atoms with van der Waals surface area (Å²) in [6.07, 6.45) is -4.13. The standard InChI is InChI=1S/C22H18BrF3N6O2/c23-14-4-1-12-2-5-16(28-17(12)9-14)20-30-29-18-6-3-13(10-32(18)20)19(22(24,25)26)31-8-7-15(11-31)27-21(33)34/h1-6,9-10,15,19,27H,7-8,11H2,(H,33,34)/t15?,19-/m1/s1. The number of aromatic nitrogens is 4. The summed E-state index contributed by atoms with van der Waals surface area (Å²) in [5.41, 5.74) is 1.59. The van der Waals surface area contributed by atoms with Crippen LogP contribution in [0.3, 0.4) is 0 Å². The number of halogens is 4. The fourth-order valence-corrected chi connectivity index (χ4v) is 4.73. The molecule has 34 heavy (non-hydrogen) atoms. The molecule has 2 N–H and O–H groups in total. The lowest BCUT2D eigenvalue weighted by atomic mass is 10.1. The molecule has 4 heterocycles. The van der Waals surface area contributed by atoms with Crippen LogP contribution in [-0.2, 0) is 0 Å². The second kappa shape index (κ2) is 8.51. The first-order valence-corrected chi connectivity index (χ1v) is 11.2. The minimum absolute atomic E-state index is 0.0144. The minimum Gasteiger partial charge on any atom is -0.465 e. The number of carboxylic acid groups (broad SMARTS) is 1. The molecule has 5 rings (SSSR count). The topological polar surface area (TPSA) is 95.7 Å². The van der Waals surface area contributed by atoms with Crippen LogP contribution in [0.25, 0.3) is 28.1 Å². The summed E-state index contributed by atoms with van der Waals surface area (Å²) in [4.78, 5) is 16.8. The molecule has 4 aromatic rings. The van der Waals surface area contributed by atoms with Crippen LogP contribution in [0.5, 0.6) is 0 Å². The van der Waals surface area contributed by atoms with Crippen molar-refractivity contribution < 1.29 is 23.1 Å². The van der Waals surface area contributed by atoms with E-state index in [2.05, 4.69) is 36.4 Å². The molecule has 0 spiro atoms. The zero-order chi connectivity index (χ0) is 24.0. The summed E-state index contributed by atoms with van der Waals surface area (Å²) in [7, 11) is 0. The Hall–Kier alpha value is -3.25. The number of alkyl halides is 3. The van der Waals surface area contributed by atoms with Crippen molar-refractivity contribution in [3.63, 3.8) is 0 Å². The van der Waals surface area contributed by atoms with Crippen molar-refractivity contribution in [3.8, 4) is 11.5 Å². The lowest BCUT2D eigenvalue weighted by molar-refractivity contribution is -0.184. The van der Waals surface area contributed by atoms with Gasteiger partial charge < -0.3 is 10.4 Å². The first-order valence-electron chi connectivity index (χ1n) is 10.4. The number of likely N-dealkylation sites (tertiary alicyclic amines) is 1. The van der Waals surface area contributed by atoms with Gasteiger partial charge in [0, 0.05) is 35.2 Å². The van der Waals surface area contributed by atoms with E-state index < -0.39 is 24.4 Å². The van der Waals surface area contributed by atoms with Crippen molar-refractivity contribution in [1.29, 1.82) is 0 Å². The van der Waals surface area contributed by atoms with Gasteiger partial charge in [0.1, 0.15) is 11.7 Å². The van der Waals surface area contributed by atoms with Gasteiger partial charge in [0.15, 0.2) is 11.5 Å². The van der Waals surface area contributed by atoms with Gasteiger partial charge in [0.2, 0.25) is 0 Å². The van der Waals surface area contributed by atoms with Gasteiger partial charge >= 0.3 is 12.3 Å². The van der Waals surface area contributed by atoms with Crippen LogP contribution >= 0.6 is 15.9 Å². The number of rotatable bonds is 4. The third-order valence-corrected chi connectivity index (χ3v) is 6.34. The summed E-state index contributed by atoms with van der Waals surface area (Å²) in [5.74, 6) is 0.325. The highest BCUT2D eigenvalue weighted by Crippen LogP contribution is 2.39. The molecule has 1 aliphatic heterocycles. The molecule has 0 saturated carbocycles. The molecule has 8 nitrogen and oxygen atoms in total. The van der Waals surface area contributed by atoms with Crippen LogP contribution in [0, 0.1) is 0 Å². The lowest BCUT2D eigenvalue weighted by Gasteiger charge is -2.30. The average Bonchev–Trinajstić information content (AvgIpc) is 3.38. The van der Waals surface area contributed by atoms with E-state index in [4.69, 9.17) is 5.11 Å². The van der Waals surface area contributed by atoms with Gasteiger partial charge in [0.25, 0.3) is 0 Å². The quantitative estimate of drug-likeness (QED) is 0.395. The lowest BCUT2D eigenvalue weighted by Crippen LogP contribution is -2.40. The Morgan fingerprint density at radius 3 is 2.74 bits per heavy atom. The van der Waals surface area contributed by atoms with Crippen molar-refractivity contribution in [2.75, 3.05) is 13.1 Å². The number of amides is 1. The maximum absolute atomic E-state index is 14.2. The largest absolute Gasteiger partial charge is 0.465 e. The van der Waals surface area contributed by atoms with E-state index in [-0.39, 0.29) is 18.7 Å². The number of pyridine rings is 2. The number of benzene rings is 1. The molecule has 1 fully saturated rings. The van der Waals surface area contributed by atoms with Gasteiger partial charge in [-0.25, -0.2) is 9.78 Å². The van der Waals surface area contributed by atoms with E-state index in [1.807, 2.05) is 24.3 Å². The Morgan fingerprint density at radius 2 is 1.97 bits per heavy atom. The Labute approximate surface area is 199 Å². The maximum Gasteiger partial charge on any atom is 0.408 e. The highest BCUT2D eigenvalue weighted by molar-refractivity contribution is 9.10. The number of nitrogens with one attached hydrogen (secondary N) is 1. The number of nitrogens with zero attached hydrogens (tertiary/aromatic N) is 5. The van der Waals surface area contributed by atoms with Crippen molar-refractivity contribution in [3.05, 3.63) is 58.7 Å². The molecule has 1 aliphatic rings. The van der Waals surface area contributed by atoms with Gasteiger partial charge in [0.05, 0.1) is 5.52 Å². The fourth-order valence-electron chi connectivity index (χ4n) is 4.38. The number of hydrogen-bond acceptors (Lipinski definition) is 5. The zero-order valence-corrected chi connectivity index (χ0v) is 19.1. The molecular weight excluding hydrogens is 517 g/mol. The fraction of sp³-hybridized carbons (Fsp3) is 0.273. The van der Waals surface area contributed by atoms with Crippen LogP contribution in [0.1, 0.15) is 18.0 Å². The predicted molar refractivity (Wildman–Crippen MR) is 121 cm³/mol. The number of fused-ring (bicyclic) bond motifs is 2. The van der Waals surface area contributed by atoms with E-state index in [1.54, 1.807) is 6.07 Å². The predicted octanol–water partition coefficient (Wildman–Crippen LogP) is 4.65. The van der Waals surface area contributed by atoms with Crippen LogP contribution in [0.4, 0.5) is 18.0 Å². The van der Waals surface area contributed by atoms with E-state index in [1.165, 1.54) is 27.6 Å². The van der Waals surface area contributed by atoms with Crippen LogP contribution in [-0.4, -0.2) is 61.0 Å². The molecule has 0 radical (unpaired) electrons. The maximum atomic E-state index is 14.2. The Balaban J connectivity index is 1.54.